The predicted octanol–water partition coefficient (Wildman–Crippen LogP) is 4.84. The molecule has 0 saturated heterocycles. The molecule has 3 nitrogen and oxygen atoms in total. The molecule has 3 atom stereocenters. The minimum Gasteiger partial charge on any atom is -0.426 e. The third-order valence-electron chi connectivity index (χ3n) is 5.22. The zero-order valence-electron chi connectivity index (χ0n) is 14.7. The number of hydrogen-bond acceptors (Lipinski definition) is 3. The van der Waals surface area contributed by atoms with Gasteiger partial charge in [0.05, 0.1) is 5.92 Å². The largest absolute Gasteiger partial charge is 0.426 e. The number of halogens is 1. The third kappa shape index (κ3) is 3.90. The van der Waals surface area contributed by atoms with Crippen LogP contribution in [0.15, 0.2) is 66.8 Å². The average Bonchev–Trinajstić information content (AvgIpc) is 3.31. The molecule has 0 N–H and O–H groups in total. The quantitative estimate of drug-likeness (QED) is 0.251. The van der Waals surface area contributed by atoms with Crippen LogP contribution in [0.25, 0.3) is 6.08 Å². The van der Waals surface area contributed by atoms with E-state index in [9.17, 15) is 14.0 Å². The normalized spacial score (nSPS) is 23.1. The maximum Gasteiger partial charge on any atom is 0.314 e. The van der Waals surface area contributed by atoms with Gasteiger partial charge < -0.3 is 4.74 Å². The van der Waals surface area contributed by atoms with Crippen LogP contribution in [0.2, 0.25) is 0 Å². The summed E-state index contributed by atoms with van der Waals surface area (Å²) in [4.78, 5) is 24.8. The molecule has 2 bridgehead atoms. The van der Waals surface area contributed by atoms with Gasteiger partial charge in [-0.2, -0.15) is 0 Å². The lowest BCUT2D eigenvalue weighted by molar-refractivity contribution is -0.139. The van der Waals surface area contributed by atoms with Crippen molar-refractivity contribution < 1.29 is 18.7 Å². The van der Waals surface area contributed by atoms with Crippen molar-refractivity contribution in [1.82, 2.24) is 0 Å². The molecule has 1 fully saturated rings. The summed E-state index contributed by atoms with van der Waals surface area (Å²) in [5.74, 6) is 0.325. The lowest BCUT2D eigenvalue weighted by atomic mass is 9.94. The summed E-state index contributed by atoms with van der Waals surface area (Å²) in [5.41, 5.74) is 1.17. The van der Waals surface area contributed by atoms with Crippen LogP contribution in [0.3, 0.4) is 0 Å². The molecule has 4 rings (SSSR count). The Balaban J connectivity index is 1.42. The first-order valence-electron chi connectivity index (χ1n) is 9.06. The molecule has 3 unspecified atom stereocenters. The van der Waals surface area contributed by atoms with Gasteiger partial charge in [0, 0.05) is 5.56 Å². The van der Waals surface area contributed by atoms with Gasteiger partial charge in [-0.05, 0) is 60.6 Å². The Morgan fingerprint density at radius 1 is 1.04 bits per heavy atom. The molecule has 0 spiro atoms. The zero-order chi connectivity index (χ0) is 18.8. The van der Waals surface area contributed by atoms with Crippen molar-refractivity contribution in [3.05, 3.63) is 83.7 Å². The minimum absolute atomic E-state index is 0.0854. The average molecular weight is 362 g/mol. The van der Waals surface area contributed by atoms with E-state index >= 15 is 0 Å². The van der Waals surface area contributed by atoms with Gasteiger partial charge in [-0.1, -0.05) is 42.5 Å². The van der Waals surface area contributed by atoms with Crippen LogP contribution in [0.5, 0.6) is 5.75 Å². The lowest BCUT2D eigenvalue weighted by Gasteiger charge is -2.16. The van der Waals surface area contributed by atoms with Gasteiger partial charge in [0.25, 0.3) is 0 Å². The Hall–Kier alpha value is -3.01. The second-order valence-electron chi connectivity index (χ2n) is 7.08. The molecule has 0 aromatic heterocycles. The summed E-state index contributed by atoms with van der Waals surface area (Å²) >= 11 is 0. The van der Waals surface area contributed by atoms with Crippen molar-refractivity contribution in [2.24, 2.45) is 17.8 Å². The molecule has 4 heteroatoms. The van der Waals surface area contributed by atoms with Crippen molar-refractivity contribution in [1.29, 1.82) is 0 Å². The van der Waals surface area contributed by atoms with Gasteiger partial charge in [0.1, 0.15) is 11.6 Å². The molecule has 1 saturated carbocycles. The Labute approximate surface area is 157 Å². The zero-order valence-corrected chi connectivity index (χ0v) is 14.7. The monoisotopic (exact) mass is 362 g/mol. The number of allylic oxidation sites excluding steroid dienone is 3. The molecule has 2 aliphatic carbocycles. The van der Waals surface area contributed by atoms with Crippen molar-refractivity contribution in [2.75, 3.05) is 0 Å². The van der Waals surface area contributed by atoms with E-state index in [1.54, 1.807) is 42.5 Å². The molecule has 27 heavy (non-hydrogen) atoms. The van der Waals surface area contributed by atoms with Gasteiger partial charge in [-0.3, -0.25) is 9.59 Å². The van der Waals surface area contributed by atoms with Crippen LogP contribution in [0.1, 0.15) is 28.8 Å². The summed E-state index contributed by atoms with van der Waals surface area (Å²) in [6.07, 6.45) is 9.23. The van der Waals surface area contributed by atoms with Gasteiger partial charge in [-0.25, -0.2) is 4.39 Å². The standard InChI is InChI=1S/C23H19FO3/c24-19-9-5-15(6-10-19)7-11-22(25)18-2-1-3-20(14-18)27-23(26)21-13-16-4-8-17(21)12-16/h1-11,14,16-17,21H,12-13H2. The summed E-state index contributed by atoms with van der Waals surface area (Å²) < 4.78 is 18.5. The maximum absolute atomic E-state index is 12.9. The molecule has 2 aliphatic rings. The van der Waals surface area contributed by atoms with Crippen molar-refractivity contribution in [3.8, 4) is 5.75 Å². The number of benzene rings is 2. The fourth-order valence-electron chi connectivity index (χ4n) is 3.80. The van der Waals surface area contributed by atoms with Crippen molar-refractivity contribution in [3.63, 3.8) is 0 Å². The maximum atomic E-state index is 12.9. The molecular formula is C23H19FO3. The van der Waals surface area contributed by atoms with Gasteiger partial charge >= 0.3 is 5.97 Å². The molecule has 0 aliphatic heterocycles. The number of carbonyl (C=O) groups excluding carboxylic acids is 2. The lowest BCUT2D eigenvalue weighted by Crippen LogP contribution is -2.24. The number of ketones is 1. The fourth-order valence-corrected chi connectivity index (χ4v) is 3.80. The molecular weight excluding hydrogens is 343 g/mol. The molecule has 0 amide bonds. The van der Waals surface area contributed by atoms with Crippen LogP contribution in [0.4, 0.5) is 4.39 Å². The van der Waals surface area contributed by atoms with E-state index in [2.05, 4.69) is 12.2 Å². The van der Waals surface area contributed by atoms with Gasteiger partial charge in [-0.15, -0.1) is 0 Å². The summed E-state index contributed by atoms with van der Waals surface area (Å²) in [5, 5.41) is 0. The molecule has 2 aromatic rings. The predicted molar refractivity (Wildman–Crippen MR) is 101 cm³/mol. The van der Waals surface area contributed by atoms with Crippen LogP contribution in [0, 0.1) is 23.6 Å². The highest BCUT2D eigenvalue weighted by molar-refractivity contribution is 6.07. The van der Waals surface area contributed by atoms with E-state index in [4.69, 9.17) is 4.74 Å². The van der Waals surface area contributed by atoms with Crippen molar-refractivity contribution in [2.45, 2.75) is 12.8 Å². The van der Waals surface area contributed by atoms with E-state index in [1.165, 1.54) is 18.2 Å². The SMILES string of the molecule is O=C(C=Cc1ccc(F)cc1)c1cccc(OC(=O)C2CC3C=CC2C3)c1. The second kappa shape index (κ2) is 7.31. The summed E-state index contributed by atoms with van der Waals surface area (Å²) in [7, 11) is 0. The summed E-state index contributed by atoms with van der Waals surface area (Å²) in [6.45, 7) is 0. The van der Waals surface area contributed by atoms with E-state index in [0.717, 1.165) is 18.4 Å². The van der Waals surface area contributed by atoms with Crippen LogP contribution in [-0.2, 0) is 4.79 Å². The molecule has 0 heterocycles. The Kier molecular flexibility index (Phi) is 4.71. The first-order chi connectivity index (χ1) is 13.1. The van der Waals surface area contributed by atoms with Gasteiger partial charge in [0.15, 0.2) is 5.78 Å². The highest BCUT2D eigenvalue weighted by atomic mass is 19.1. The van der Waals surface area contributed by atoms with E-state index in [-0.39, 0.29) is 29.4 Å². The molecule has 0 radical (unpaired) electrons. The number of hydrogen-bond donors (Lipinski definition) is 0. The van der Waals surface area contributed by atoms with Crippen LogP contribution >= 0.6 is 0 Å². The first kappa shape index (κ1) is 17.4. The fraction of sp³-hybridized carbons (Fsp3) is 0.217. The van der Waals surface area contributed by atoms with E-state index < -0.39 is 0 Å². The van der Waals surface area contributed by atoms with Gasteiger partial charge in [0.2, 0.25) is 0 Å². The Bertz CT molecular complexity index is 927. The number of carbonyl (C=O) groups is 2. The van der Waals surface area contributed by atoms with E-state index in [0.29, 0.717) is 17.2 Å². The highest BCUT2D eigenvalue weighted by Crippen LogP contribution is 2.43. The molecule has 136 valence electrons. The van der Waals surface area contributed by atoms with E-state index in [1.807, 2.05) is 0 Å². The second-order valence-corrected chi connectivity index (χ2v) is 7.08. The number of esters is 1. The minimum atomic E-state index is -0.320. The highest BCUT2D eigenvalue weighted by Gasteiger charge is 2.40. The number of ether oxygens (including phenoxy) is 1. The third-order valence-corrected chi connectivity index (χ3v) is 5.22. The number of fused-ring (bicyclic) bond motifs is 2. The smallest absolute Gasteiger partial charge is 0.314 e. The van der Waals surface area contributed by atoms with Crippen LogP contribution < -0.4 is 4.74 Å². The summed E-state index contributed by atoms with van der Waals surface area (Å²) in [6, 6.07) is 12.5. The Morgan fingerprint density at radius 2 is 1.85 bits per heavy atom. The van der Waals surface area contributed by atoms with Crippen molar-refractivity contribution >= 4 is 17.8 Å². The molecule has 2 aromatic carbocycles. The first-order valence-corrected chi connectivity index (χ1v) is 9.06. The topological polar surface area (TPSA) is 43.4 Å². The Morgan fingerprint density at radius 3 is 2.56 bits per heavy atom. The van der Waals surface area contributed by atoms with Crippen LogP contribution in [-0.4, -0.2) is 11.8 Å². The number of rotatable bonds is 5.